The van der Waals surface area contributed by atoms with Crippen LogP contribution in [-0.4, -0.2) is 46.0 Å². The van der Waals surface area contributed by atoms with Gasteiger partial charge in [0, 0.05) is 19.3 Å². The number of guanidine groups is 1. The number of sulfone groups is 1. The first kappa shape index (κ1) is 17.4. The van der Waals surface area contributed by atoms with Gasteiger partial charge >= 0.3 is 0 Å². The minimum absolute atomic E-state index is 0.0108. The number of halogens is 1. The van der Waals surface area contributed by atoms with Crippen LogP contribution in [0.1, 0.15) is 12.5 Å². The largest absolute Gasteiger partial charge is 0.357 e. The highest BCUT2D eigenvalue weighted by Crippen LogP contribution is 2.05. The van der Waals surface area contributed by atoms with Gasteiger partial charge in [0.2, 0.25) is 0 Å². The molecule has 1 rings (SSSR count). The van der Waals surface area contributed by atoms with Gasteiger partial charge in [-0.05, 0) is 25.0 Å². The lowest BCUT2D eigenvalue weighted by molar-refractivity contribution is 0.601. The molecule has 0 aliphatic heterocycles. The first-order valence-electron chi connectivity index (χ1n) is 6.85. The summed E-state index contributed by atoms with van der Waals surface area (Å²) >= 11 is 0. The number of hydrogen-bond donors (Lipinski definition) is 2. The Morgan fingerprint density at radius 1 is 1.29 bits per heavy atom. The minimum atomic E-state index is -3.02. The Morgan fingerprint density at radius 2 is 2.00 bits per heavy atom. The molecule has 2 N–H and O–H groups in total. The molecule has 5 nitrogen and oxygen atoms in total. The van der Waals surface area contributed by atoms with Gasteiger partial charge in [0.25, 0.3) is 0 Å². The Balaban J connectivity index is 2.47. The van der Waals surface area contributed by atoms with Crippen LogP contribution in [0.15, 0.2) is 29.3 Å². The van der Waals surface area contributed by atoms with Gasteiger partial charge < -0.3 is 10.6 Å². The van der Waals surface area contributed by atoms with Crippen molar-refractivity contribution in [3.05, 3.63) is 35.6 Å². The molecule has 0 bridgehead atoms. The van der Waals surface area contributed by atoms with Crippen LogP contribution >= 0.6 is 0 Å². The zero-order valence-electron chi connectivity index (χ0n) is 12.4. The van der Waals surface area contributed by atoms with Gasteiger partial charge in [-0.2, -0.15) is 0 Å². The zero-order chi connectivity index (χ0) is 15.7. The lowest BCUT2D eigenvalue weighted by Gasteiger charge is -2.11. The highest BCUT2D eigenvalue weighted by molar-refractivity contribution is 7.90. The zero-order valence-corrected chi connectivity index (χ0v) is 13.2. The van der Waals surface area contributed by atoms with Crippen molar-refractivity contribution in [3.8, 4) is 0 Å². The molecule has 0 heterocycles. The molecule has 7 heteroatoms. The van der Waals surface area contributed by atoms with E-state index in [0.717, 1.165) is 0 Å². The van der Waals surface area contributed by atoms with E-state index >= 15 is 0 Å². The van der Waals surface area contributed by atoms with E-state index in [1.54, 1.807) is 18.2 Å². The van der Waals surface area contributed by atoms with Gasteiger partial charge in [-0.1, -0.05) is 18.2 Å². The number of aliphatic imine (C=N–C) groups is 1. The van der Waals surface area contributed by atoms with Crippen LogP contribution in [-0.2, 0) is 16.3 Å². The van der Waals surface area contributed by atoms with Gasteiger partial charge in [-0.15, -0.1) is 0 Å². The maximum absolute atomic E-state index is 13.5. The van der Waals surface area contributed by atoms with E-state index in [-0.39, 0.29) is 18.1 Å². The van der Waals surface area contributed by atoms with Gasteiger partial charge in [-0.25, -0.2) is 12.8 Å². The van der Waals surface area contributed by atoms with E-state index in [0.29, 0.717) is 31.0 Å². The van der Waals surface area contributed by atoms with Crippen molar-refractivity contribution >= 4 is 15.8 Å². The minimum Gasteiger partial charge on any atom is -0.357 e. The predicted octanol–water partition coefficient (Wildman–Crippen LogP) is 0.968. The summed E-state index contributed by atoms with van der Waals surface area (Å²) in [6.45, 7) is 3.31. The molecule has 0 saturated heterocycles. The van der Waals surface area contributed by atoms with Crippen molar-refractivity contribution in [2.75, 3.05) is 31.6 Å². The Labute approximate surface area is 125 Å². The maximum Gasteiger partial charge on any atom is 0.191 e. The van der Waals surface area contributed by atoms with Crippen LogP contribution in [0.5, 0.6) is 0 Å². The summed E-state index contributed by atoms with van der Waals surface area (Å²) in [5, 5.41) is 6.08. The van der Waals surface area contributed by atoms with E-state index in [9.17, 15) is 12.8 Å². The molecular weight excluding hydrogens is 293 g/mol. The summed E-state index contributed by atoms with van der Waals surface area (Å²) in [4.78, 5) is 4.17. The van der Waals surface area contributed by atoms with Gasteiger partial charge in [-0.3, -0.25) is 4.99 Å². The Hall–Kier alpha value is -1.63. The summed E-state index contributed by atoms with van der Waals surface area (Å²) < 4.78 is 35.6. The second kappa shape index (κ2) is 8.61. The summed E-state index contributed by atoms with van der Waals surface area (Å²) in [7, 11) is -3.02. The predicted molar refractivity (Wildman–Crippen MR) is 83.8 cm³/mol. The Bertz CT molecular complexity index is 573. The normalized spacial score (nSPS) is 12.2. The number of hydrogen-bond acceptors (Lipinski definition) is 3. The van der Waals surface area contributed by atoms with Crippen LogP contribution in [0.2, 0.25) is 0 Å². The number of nitrogens with one attached hydrogen (secondary N) is 2. The Kier molecular flexibility index (Phi) is 7.14. The number of benzene rings is 1. The lowest BCUT2D eigenvalue weighted by Crippen LogP contribution is -2.38. The van der Waals surface area contributed by atoms with Gasteiger partial charge in [0.05, 0.1) is 12.3 Å². The summed E-state index contributed by atoms with van der Waals surface area (Å²) in [5.74, 6) is 0.326. The van der Waals surface area contributed by atoms with Crippen molar-refractivity contribution in [1.82, 2.24) is 10.6 Å². The molecule has 1 aromatic rings. The maximum atomic E-state index is 13.5. The highest BCUT2D eigenvalue weighted by Gasteiger charge is 2.03. The molecule has 0 spiro atoms. The van der Waals surface area contributed by atoms with Crippen molar-refractivity contribution in [3.63, 3.8) is 0 Å². The fourth-order valence-corrected chi connectivity index (χ4v) is 2.10. The molecule has 1 aromatic carbocycles. The quantitative estimate of drug-likeness (QED) is 0.581. The molecule has 0 amide bonds. The third kappa shape index (κ3) is 7.65. The lowest BCUT2D eigenvalue weighted by atomic mass is 10.1. The monoisotopic (exact) mass is 315 g/mol. The Morgan fingerprint density at radius 3 is 2.62 bits per heavy atom. The van der Waals surface area contributed by atoms with E-state index < -0.39 is 9.84 Å². The highest BCUT2D eigenvalue weighted by atomic mass is 32.2. The molecule has 0 aliphatic rings. The molecule has 0 radical (unpaired) electrons. The molecule has 21 heavy (non-hydrogen) atoms. The van der Waals surface area contributed by atoms with E-state index in [1.165, 1.54) is 12.3 Å². The molecule has 0 atom stereocenters. The van der Waals surface area contributed by atoms with Crippen LogP contribution in [0.25, 0.3) is 0 Å². The van der Waals surface area contributed by atoms with Crippen molar-refractivity contribution < 1.29 is 12.8 Å². The summed E-state index contributed by atoms with van der Waals surface area (Å²) in [5.41, 5.74) is 0.636. The summed E-state index contributed by atoms with van der Waals surface area (Å²) in [6.07, 6.45) is 1.71. The second-order valence-electron chi connectivity index (χ2n) is 4.66. The van der Waals surface area contributed by atoms with Crippen LogP contribution < -0.4 is 10.6 Å². The molecule has 0 fully saturated rings. The average molecular weight is 315 g/mol. The van der Waals surface area contributed by atoms with E-state index in [1.807, 2.05) is 6.92 Å². The molecule has 0 aromatic heterocycles. The van der Waals surface area contributed by atoms with Crippen molar-refractivity contribution in [2.45, 2.75) is 13.3 Å². The third-order valence-electron chi connectivity index (χ3n) is 2.72. The van der Waals surface area contributed by atoms with E-state index in [2.05, 4.69) is 15.6 Å². The fourth-order valence-electron chi connectivity index (χ4n) is 1.68. The standard InChI is InChI=1S/C14H22FN3O2S/c1-3-16-14(18-10-11-21(2,19)20)17-9-8-12-6-4-5-7-13(12)15/h4-7H,3,8-11H2,1-2H3,(H2,16,17,18). The molecular formula is C14H22FN3O2S. The van der Waals surface area contributed by atoms with Gasteiger partial charge in [0.1, 0.15) is 15.7 Å². The number of rotatable bonds is 7. The van der Waals surface area contributed by atoms with Crippen molar-refractivity contribution in [2.24, 2.45) is 4.99 Å². The SMILES string of the molecule is CCNC(=NCCS(C)(=O)=O)NCCc1ccccc1F. The van der Waals surface area contributed by atoms with Crippen LogP contribution in [0.4, 0.5) is 4.39 Å². The summed E-state index contributed by atoms with van der Waals surface area (Å²) in [6, 6.07) is 6.62. The van der Waals surface area contributed by atoms with Gasteiger partial charge in [0.15, 0.2) is 5.96 Å². The first-order valence-corrected chi connectivity index (χ1v) is 8.91. The van der Waals surface area contributed by atoms with Crippen LogP contribution in [0, 0.1) is 5.82 Å². The smallest absolute Gasteiger partial charge is 0.191 e. The number of nitrogens with zero attached hydrogens (tertiary/aromatic N) is 1. The molecule has 0 saturated carbocycles. The molecule has 118 valence electrons. The van der Waals surface area contributed by atoms with Crippen molar-refractivity contribution in [1.29, 1.82) is 0 Å². The fraction of sp³-hybridized carbons (Fsp3) is 0.500. The first-order chi connectivity index (χ1) is 9.92. The third-order valence-corrected chi connectivity index (χ3v) is 3.64. The second-order valence-corrected chi connectivity index (χ2v) is 6.92. The van der Waals surface area contributed by atoms with Crippen LogP contribution in [0.3, 0.4) is 0 Å². The van der Waals surface area contributed by atoms with E-state index in [4.69, 9.17) is 0 Å². The average Bonchev–Trinajstić information content (AvgIpc) is 2.39. The topological polar surface area (TPSA) is 70.6 Å². The molecule has 0 aliphatic carbocycles. The molecule has 0 unspecified atom stereocenters.